The monoisotopic (exact) mass is 284 g/mol. The lowest BCUT2D eigenvalue weighted by molar-refractivity contribution is -0.00222. The first kappa shape index (κ1) is 16.2. The Morgan fingerprint density at radius 3 is 2.70 bits per heavy atom. The molecule has 1 aliphatic carbocycles. The van der Waals surface area contributed by atoms with E-state index >= 15 is 0 Å². The Morgan fingerprint density at radius 2 is 2.05 bits per heavy atom. The predicted octanol–water partition coefficient (Wildman–Crippen LogP) is 1.89. The topological polar surface area (TPSA) is 33.7 Å². The molecule has 2 unspecified atom stereocenters. The molecule has 118 valence electrons. The van der Waals surface area contributed by atoms with Crippen molar-refractivity contribution in [1.82, 2.24) is 10.2 Å². The molecule has 1 saturated heterocycles. The lowest BCUT2D eigenvalue weighted by Gasteiger charge is -2.49. The minimum absolute atomic E-state index is 0.342. The Labute approximate surface area is 124 Å². The number of ether oxygens (including phenoxy) is 2. The highest BCUT2D eigenvalue weighted by Crippen LogP contribution is 2.44. The van der Waals surface area contributed by atoms with Gasteiger partial charge in [-0.2, -0.15) is 0 Å². The van der Waals surface area contributed by atoms with Crippen LogP contribution in [0.1, 0.15) is 39.5 Å². The van der Waals surface area contributed by atoms with Gasteiger partial charge in [0.1, 0.15) is 0 Å². The van der Waals surface area contributed by atoms with Crippen molar-refractivity contribution in [2.24, 2.45) is 5.92 Å². The largest absolute Gasteiger partial charge is 0.382 e. The van der Waals surface area contributed by atoms with E-state index in [1.807, 2.05) is 0 Å². The summed E-state index contributed by atoms with van der Waals surface area (Å²) in [7, 11) is 1.72. The number of nitrogens with zero attached hydrogens (tertiary/aromatic N) is 1. The Morgan fingerprint density at radius 1 is 1.25 bits per heavy atom. The van der Waals surface area contributed by atoms with Gasteiger partial charge in [-0.1, -0.05) is 13.3 Å². The molecule has 0 bridgehead atoms. The van der Waals surface area contributed by atoms with Crippen LogP contribution in [-0.4, -0.2) is 63.0 Å². The van der Waals surface area contributed by atoms with E-state index in [0.717, 1.165) is 25.6 Å². The lowest BCUT2D eigenvalue weighted by Crippen LogP contribution is -2.64. The summed E-state index contributed by atoms with van der Waals surface area (Å²) >= 11 is 0. The Kier molecular flexibility index (Phi) is 6.27. The van der Waals surface area contributed by atoms with Crippen molar-refractivity contribution in [2.45, 2.75) is 51.1 Å². The molecule has 2 aliphatic rings. The number of hydrogen-bond acceptors (Lipinski definition) is 4. The summed E-state index contributed by atoms with van der Waals surface area (Å²) in [4.78, 5) is 2.69. The van der Waals surface area contributed by atoms with E-state index in [1.165, 1.54) is 32.2 Å². The number of piperazine rings is 1. The maximum absolute atomic E-state index is 5.68. The molecular weight excluding hydrogens is 252 g/mol. The van der Waals surface area contributed by atoms with Crippen LogP contribution in [0.15, 0.2) is 0 Å². The van der Waals surface area contributed by atoms with Gasteiger partial charge >= 0.3 is 0 Å². The molecule has 1 N–H and O–H groups in total. The molecule has 20 heavy (non-hydrogen) atoms. The number of hydrogen-bond donors (Lipinski definition) is 1. The minimum atomic E-state index is 0.342. The zero-order chi connectivity index (χ0) is 14.4. The van der Waals surface area contributed by atoms with Crippen molar-refractivity contribution >= 4 is 0 Å². The predicted molar refractivity (Wildman–Crippen MR) is 82.1 cm³/mol. The first-order valence-electron chi connectivity index (χ1n) is 8.25. The van der Waals surface area contributed by atoms with E-state index < -0.39 is 0 Å². The van der Waals surface area contributed by atoms with Gasteiger partial charge in [-0.05, 0) is 32.1 Å². The molecule has 4 nitrogen and oxygen atoms in total. The van der Waals surface area contributed by atoms with Gasteiger partial charge in [0.25, 0.3) is 0 Å². The maximum atomic E-state index is 5.68. The first-order valence-corrected chi connectivity index (χ1v) is 8.25. The van der Waals surface area contributed by atoms with Gasteiger partial charge in [0.2, 0.25) is 0 Å². The Balaban J connectivity index is 1.82. The molecule has 0 aromatic rings. The molecule has 0 aromatic carbocycles. The first-order chi connectivity index (χ1) is 9.70. The zero-order valence-electron chi connectivity index (χ0n) is 13.5. The van der Waals surface area contributed by atoms with E-state index in [4.69, 9.17) is 9.47 Å². The lowest BCUT2D eigenvalue weighted by atomic mass is 9.89. The van der Waals surface area contributed by atoms with Crippen molar-refractivity contribution in [3.63, 3.8) is 0 Å². The maximum Gasteiger partial charge on any atom is 0.0700 e. The van der Waals surface area contributed by atoms with Crippen LogP contribution in [0.2, 0.25) is 0 Å². The third-order valence-corrected chi connectivity index (χ3v) is 4.94. The van der Waals surface area contributed by atoms with Crippen molar-refractivity contribution < 1.29 is 9.47 Å². The molecule has 2 atom stereocenters. The van der Waals surface area contributed by atoms with Gasteiger partial charge in [0.05, 0.1) is 19.8 Å². The second-order valence-electron chi connectivity index (χ2n) is 6.55. The molecule has 1 aliphatic heterocycles. The average Bonchev–Trinajstić information content (AvgIpc) is 3.27. The summed E-state index contributed by atoms with van der Waals surface area (Å²) in [5.41, 5.74) is 0.342. The van der Waals surface area contributed by atoms with Crippen LogP contribution in [0.3, 0.4) is 0 Å². The fourth-order valence-electron chi connectivity index (χ4n) is 3.42. The van der Waals surface area contributed by atoms with Gasteiger partial charge < -0.3 is 14.8 Å². The SMILES string of the molecule is CCCC1CN(CCOCCOC)C(C)(C2CC2)CN1. The van der Waals surface area contributed by atoms with Crippen LogP contribution >= 0.6 is 0 Å². The molecule has 0 radical (unpaired) electrons. The smallest absolute Gasteiger partial charge is 0.0700 e. The van der Waals surface area contributed by atoms with E-state index in [9.17, 15) is 0 Å². The third kappa shape index (κ3) is 4.17. The van der Waals surface area contributed by atoms with Crippen molar-refractivity contribution in [2.75, 3.05) is 46.6 Å². The van der Waals surface area contributed by atoms with E-state index in [1.54, 1.807) is 7.11 Å². The minimum Gasteiger partial charge on any atom is -0.382 e. The van der Waals surface area contributed by atoms with Gasteiger partial charge in [-0.25, -0.2) is 0 Å². The van der Waals surface area contributed by atoms with Crippen LogP contribution in [-0.2, 0) is 9.47 Å². The second-order valence-corrected chi connectivity index (χ2v) is 6.55. The second kappa shape index (κ2) is 7.74. The molecule has 1 heterocycles. The van der Waals surface area contributed by atoms with Crippen LogP contribution < -0.4 is 5.32 Å². The molecular formula is C16H32N2O2. The molecule has 0 spiro atoms. The highest BCUT2D eigenvalue weighted by atomic mass is 16.5. The van der Waals surface area contributed by atoms with Crippen LogP contribution in [0, 0.1) is 5.92 Å². The molecule has 4 heteroatoms. The summed E-state index contributed by atoms with van der Waals surface area (Å²) < 4.78 is 10.7. The van der Waals surface area contributed by atoms with E-state index in [0.29, 0.717) is 24.8 Å². The van der Waals surface area contributed by atoms with Crippen LogP contribution in [0.4, 0.5) is 0 Å². The van der Waals surface area contributed by atoms with Gasteiger partial charge in [-0.3, -0.25) is 4.90 Å². The molecule has 2 rings (SSSR count). The van der Waals surface area contributed by atoms with E-state index in [2.05, 4.69) is 24.1 Å². The summed E-state index contributed by atoms with van der Waals surface area (Å²) in [6, 6.07) is 0.658. The molecule has 1 saturated carbocycles. The van der Waals surface area contributed by atoms with E-state index in [-0.39, 0.29) is 0 Å². The molecule has 0 aromatic heterocycles. The van der Waals surface area contributed by atoms with Crippen LogP contribution in [0.5, 0.6) is 0 Å². The van der Waals surface area contributed by atoms with Crippen molar-refractivity contribution in [3.8, 4) is 0 Å². The average molecular weight is 284 g/mol. The normalized spacial score (nSPS) is 31.6. The number of nitrogens with one attached hydrogen (secondary N) is 1. The fraction of sp³-hybridized carbons (Fsp3) is 1.00. The zero-order valence-corrected chi connectivity index (χ0v) is 13.5. The van der Waals surface area contributed by atoms with Crippen LogP contribution in [0.25, 0.3) is 0 Å². The Bertz CT molecular complexity index is 284. The number of methoxy groups -OCH3 is 1. The number of rotatable bonds is 9. The highest BCUT2D eigenvalue weighted by Gasteiger charge is 2.47. The molecule has 0 amide bonds. The van der Waals surface area contributed by atoms with Gasteiger partial charge in [0.15, 0.2) is 0 Å². The summed E-state index contributed by atoms with van der Waals surface area (Å²) in [5.74, 6) is 0.886. The standard InChI is InChI=1S/C16H32N2O2/c1-4-5-15-12-18(8-9-20-11-10-19-3)16(2,13-17-15)14-6-7-14/h14-15,17H,4-13H2,1-3H3. The fourth-order valence-corrected chi connectivity index (χ4v) is 3.42. The van der Waals surface area contributed by atoms with Crippen molar-refractivity contribution in [3.05, 3.63) is 0 Å². The molecule has 2 fully saturated rings. The summed E-state index contributed by atoms with van der Waals surface area (Å²) in [6.45, 7) is 10.3. The quantitative estimate of drug-likeness (QED) is 0.656. The van der Waals surface area contributed by atoms with Crippen molar-refractivity contribution in [1.29, 1.82) is 0 Å². The summed E-state index contributed by atoms with van der Waals surface area (Å²) in [5, 5.41) is 3.77. The summed E-state index contributed by atoms with van der Waals surface area (Å²) in [6.07, 6.45) is 5.34. The highest BCUT2D eigenvalue weighted by molar-refractivity contribution is 5.04. The van der Waals surface area contributed by atoms with Gasteiger partial charge in [0, 0.05) is 38.3 Å². The third-order valence-electron chi connectivity index (χ3n) is 4.94. The Hall–Kier alpha value is -0.160. The van der Waals surface area contributed by atoms with Gasteiger partial charge in [-0.15, -0.1) is 0 Å².